The minimum absolute atomic E-state index is 0.00201. The van der Waals surface area contributed by atoms with Crippen LogP contribution in [-0.4, -0.2) is 20.7 Å². The molecule has 0 bridgehead atoms. The molecule has 2 aromatic carbocycles. The number of carbonyl (C=O) groups is 1. The average molecular weight is 395 g/mol. The molecule has 2 nitrogen and oxygen atoms in total. The molecule has 0 radical (unpaired) electrons. The fraction of sp³-hybridized carbons (Fsp3) is 0.400. The highest BCUT2D eigenvalue weighted by Gasteiger charge is 2.50. The van der Waals surface area contributed by atoms with E-state index in [9.17, 15) is 4.79 Å². The molecule has 0 unspecified atom stereocenters. The lowest BCUT2D eigenvalue weighted by Crippen LogP contribution is -2.67. The zero-order valence-corrected chi connectivity index (χ0v) is 18.9. The molecule has 0 saturated heterocycles. The molecule has 0 aliphatic heterocycles. The molecule has 0 spiro atoms. The van der Waals surface area contributed by atoms with E-state index in [-0.39, 0.29) is 11.1 Å². The van der Waals surface area contributed by atoms with Crippen molar-refractivity contribution in [2.24, 2.45) is 0 Å². The minimum atomic E-state index is -2.47. The van der Waals surface area contributed by atoms with Crippen molar-refractivity contribution in [3.8, 4) is 0 Å². The molecule has 2 rings (SSSR count). The first kappa shape index (κ1) is 22.3. The molecule has 1 atom stereocenters. The monoisotopic (exact) mass is 394 g/mol. The zero-order valence-electron chi connectivity index (χ0n) is 17.9. The average Bonchev–Trinajstić information content (AvgIpc) is 2.69. The molecule has 28 heavy (non-hydrogen) atoms. The molecule has 0 aliphatic rings. The molecule has 0 N–H and O–H groups in total. The summed E-state index contributed by atoms with van der Waals surface area (Å²) in [7, 11) is -2.47. The van der Waals surface area contributed by atoms with E-state index in [0.717, 1.165) is 31.1 Å². The van der Waals surface area contributed by atoms with E-state index in [1.54, 1.807) is 0 Å². The largest absolute Gasteiger partial charge is 0.405 e. The summed E-state index contributed by atoms with van der Waals surface area (Å²) in [6.45, 7) is 11.0. The lowest BCUT2D eigenvalue weighted by molar-refractivity contribution is -0.104. The fourth-order valence-electron chi connectivity index (χ4n) is 3.84. The lowest BCUT2D eigenvalue weighted by Gasteiger charge is -2.44. The van der Waals surface area contributed by atoms with E-state index in [4.69, 9.17) is 4.43 Å². The second kappa shape index (κ2) is 9.99. The van der Waals surface area contributed by atoms with E-state index in [1.165, 1.54) is 10.4 Å². The van der Waals surface area contributed by atoms with E-state index >= 15 is 0 Å². The molecular weight excluding hydrogens is 360 g/mol. The number of rotatable bonds is 9. The summed E-state index contributed by atoms with van der Waals surface area (Å²) in [5.74, 6) is 0. The lowest BCUT2D eigenvalue weighted by atomic mass is 10.1. The van der Waals surface area contributed by atoms with Crippen molar-refractivity contribution >= 4 is 25.0 Å². The van der Waals surface area contributed by atoms with Gasteiger partial charge in [0.1, 0.15) is 6.29 Å². The van der Waals surface area contributed by atoms with Crippen LogP contribution < -0.4 is 10.4 Å². The Balaban J connectivity index is 2.35. The van der Waals surface area contributed by atoms with E-state index in [1.807, 2.05) is 13.0 Å². The molecule has 3 heteroatoms. The standard InChI is InChI=1S/C25H34O2Si/c1-21(20-26)14-12-13-15-22(2)27-28(25(3,4)5,23-16-8-6-9-17-23)24-18-10-7-11-19-24/h6-11,14,16-20,22H,12-13,15H2,1-5H3/b21-14+/t22-/m1/s1. The van der Waals surface area contributed by atoms with Crippen molar-refractivity contribution in [1.29, 1.82) is 0 Å². The number of allylic oxidation sites excluding steroid dienone is 2. The summed E-state index contributed by atoms with van der Waals surface area (Å²) in [4.78, 5) is 10.8. The van der Waals surface area contributed by atoms with Crippen molar-refractivity contribution < 1.29 is 9.22 Å². The SMILES string of the molecule is C/C(C=O)=C\CCC[C@@H](C)O[Si](c1ccccc1)(c1ccccc1)C(C)(C)C. The van der Waals surface area contributed by atoms with Crippen LogP contribution in [0.1, 0.15) is 53.9 Å². The topological polar surface area (TPSA) is 26.3 Å². The van der Waals surface area contributed by atoms with Crippen LogP contribution >= 0.6 is 0 Å². The maximum atomic E-state index is 10.8. The Morgan fingerprint density at radius 3 is 1.93 bits per heavy atom. The number of hydrogen-bond donors (Lipinski definition) is 0. The summed E-state index contributed by atoms with van der Waals surface area (Å²) in [6.07, 6.45) is 6.00. The third-order valence-corrected chi connectivity index (χ3v) is 10.4. The number of benzene rings is 2. The highest BCUT2D eigenvalue weighted by molar-refractivity contribution is 6.99. The molecular formula is C25H34O2Si. The van der Waals surface area contributed by atoms with Crippen LogP contribution in [0.5, 0.6) is 0 Å². The van der Waals surface area contributed by atoms with Crippen LogP contribution in [0.4, 0.5) is 0 Å². The maximum absolute atomic E-state index is 10.8. The van der Waals surface area contributed by atoms with Crippen LogP contribution in [0.25, 0.3) is 0 Å². The molecule has 0 amide bonds. The van der Waals surface area contributed by atoms with Crippen molar-refractivity contribution in [3.63, 3.8) is 0 Å². The summed E-state index contributed by atoms with van der Waals surface area (Å²) in [5.41, 5.74) is 0.806. The Morgan fingerprint density at radius 1 is 1.00 bits per heavy atom. The third-order valence-electron chi connectivity index (χ3n) is 5.26. The number of unbranched alkanes of at least 4 members (excludes halogenated alkanes) is 1. The van der Waals surface area contributed by atoms with E-state index < -0.39 is 8.32 Å². The molecule has 0 aliphatic carbocycles. The van der Waals surface area contributed by atoms with Gasteiger partial charge in [0.2, 0.25) is 0 Å². The van der Waals surface area contributed by atoms with Gasteiger partial charge in [-0.1, -0.05) is 87.5 Å². The van der Waals surface area contributed by atoms with Crippen LogP contribution in [0, 0.1) is 0 Å². The van der Waals surface area contributed by atoms with Crippen LogP contribution in [0.15, 0.2) is 72.3 Å². The quantitative estimate of drug-likeness (QED) is 0.251. The van der Waals surface area contributed by atoms with Gasteiger partial charge in [-0.15, -0.1) is 0 Å². The van der Waals surface area contributed by atoms with Crippen LogP contribution in [-0.2, 0) is 9.22 Å². The first-order valence-electron chi connectivity index (χ1n) is 10.2. The Bertz CT molecular complexity index is 721. The predicted molar refractivity (Wildman–Crippen MR) is 122 cm³/mol. The Labute approximate surface area is 171 Å². The predicted octanol–water partition coefficient (Wildman–Crippen LogP) is 5.27. The van der Waals surface area contributed by atoms with Gasteiger partial charge >= 0.3 is 0 Å². The number of carbonyl (C=O) groups excluding carboxylic acids is 1. The molecule has 0 saturated carbocycles. The van der Waals surface area contributed by atoms with Gasteiger partial charge < -0.3 is 4.43 Å². The first-order chi connectivity index (χ1) is 13.3. The van der Waals surface area contributed by atoms with Gasteiger partial charge in [0.05, 0.1) is 0 Å². The minimum Gasteiger partial charge on any atom is -0.405 e. The normalized spacial score (nSPS) is 14.0. The van der Waals surface area contributed by atoms with Gasteiger partial charge in [-0.05, 0) is 54.1 Å². The fourth-order valence-corrected chi connectivity index (χ4v) is 8.57. The second-order valence-corrected chi connectivity index (χ2v) is 12.8. The van der Waals surface area contributed by atoms with Gasteiger partial charge in [-0.2, -0.15) is 0 Å². The molecule has 0 fully saturated rings. The van der Waals surface area contributed by atoms with Crippen molar-refractivity contribution in [3.05, 3.63) is 72.3 Å². The first-order valence-corrected chi connectivity index (χ1v) is 12.1. The highest BCUT2D eigenvalue weighted by atomic mass is 28.4. The highest BCUT2D eigenvalue weighted by Crippen LogP contribution is 2.37. The van der Waals surface area contributed by atoms with Gasteiger partial charge in [0.25, 0.3) is 8.32 Å². The van der Waals surface area contributed by atoms with Gasteiger partial charge in [-0.25, -0.2) is 0 Å². The van der Waals surface area contributed by atoms with Crippen molar-refractivity contribution in [2.45, 2.75) is 65.0 Å². The number of hydrogen-bond acceptors (Lipinski definition) is 2. The van der Waals surface area contributed by atoms with Gasteiger partial charge in [0.15, 0.2) is 0 Å². The van der Waals surface area contributed by atoms with E-state index in [2.05, 4.69) is 88.4 Å². The molecule has 0 aromatic heterocycles. The van der Waals surface area contributed by atoms with Gasteiger partial charge in [-0.3, -0.25) is 4.79 Å². The molecule has 2 aromatic rings. The Hall–Kier alpha value is -1.97. The Kier molecular flexibility index (Phi) is 7.96. The van der Waals surface area contributed by atoms with E-state index in [0.29, 0.717) is 0 Å². The van der Waals surface area contributed by atoms with Crippen LogP contribution in [0.2, 0.25) is 5.04 Å². The van der Waals surface area contributed by atoms with Gasteiger partial charge in [0, 0.05) is 6.10 Å². The molecule has 0 heterocycles. The zero-order chi connectivity index (χ0) is 20.6. The van der Waals surface area contributed by atoms with Crippen molar-refractivity contribution in [2.75, 3.05) is 0 Å². The Morgan fingerprint density at radius 2 is 1.50 bits per heavy atom. The third kappa shape index (κ3) is 5.30. The summed E-state index contributed by atoms with van der Waals surface area (Å²) in [5, 5.41) is 2.63. The number of aldehydes is 1. The summed E-state index contributed by atoms with van der Waals surface area (Å²) >= 11 is 0. The smallest absolute Gasteiger partial charge is 0.261 e. The maximum Gasteiger partial charge on any atom is 0.261 e. The summed E-state index contributed by atoms with van der Waals surface area (Å²) < 4.78 is 7.06. The summed E-state index contributed by atoms with van der Waals surface area (Å²) in [6, 6.07) is 21.5. The van der Waals surface area contributed by atoms with Crippen LogP contribution in [0.3, 0.4) is 0 Å². The van der Waals surface area contributed by atoms with Crippen molar-refractivity contribution in [1.82, 2.24) is 0 Å². The second-order valence-electron chi connectivity index (χ2n) is 8.59. The molecule has 150 valence electrons.